The van der Waals surface area contributed by atoms with Crippen LogP contribution in [0.2, 0.25) is 11.6 Å². The Hall–Kier alpha value is 0.467. The molecule has 15 heavy (non-hydrogen) atoms. The Morgan fingerprint density at radius 1 is 1.13 bits per heavy atom. The van der Waals surface area contributed by atoms with Crippen LogP contribution in [0, 0.1) is 0 Å². The lowest BCUT2D eigenvalue weighted by molar-refractivity contribution is 0.298. The first-order valence-corrected chi connectivity index (χ1v) is 9.74. The van der Waals surface area contributed by atoms with E-state index in [2.05, 4.69) is 32.6 Å². The predicted molar refractivity (Wildman–Crippen MR) is 74.5 cm³/mol. The Kier molecular flexibility index (Phi) is 9.98. The van der Waals surface area contributed by atoms with Crippen molar-refractivity contribution in [3.8, 4) is 0 Å². The van der Waals surface area contributed by atoms with E-state index < -0.39 is 8.11 Å². The van der Waals surface area contributed by atoms with Gasteiger partial charge >= 0.3 is 0 Å². The zero-order valence-electron chi connectivity index (χ0n) is 10.9. The molecule has 0 aliphatic carbocycles. The molecule has 3 heteroatoms. The molecule has 0 fully saturated rings. The molecule has 0 aromatic rings. The Morgan fingerprint density at radius 2 is 1.73 bits per heavy atom. The van der Waals surface area contributed by atoms with Gasteiger partial charge in [0.1, 0.15) is 8.11 Å². The summed E-state index contributed by atoms with van der Waals surface area (Å²) >= 11 is 6.44. The van der Waals surface area contributed by atoms with Gasteiger partial charge in [0.2, 0.25) is 0 Å². The van der Waals surface area contributed by atoms with E-state index in [1.807, 2.05) is 0 Å². The summed E-state index contributed by atoms with van der Waals surface area (Å²) in [6.07, 6.45) is 3.92. The molecular weight excluding hydrogens is 222 g/mol. The van der Waals surface area contributed by atoms with E-state index in [9.17, 15) is 0 Å². The van der Waals surface area contributed by atoms with Crippen molar-refractivity contribution in [3.63, 3.8) is 0 Å². The van der Waals surface area contributed by atoms with Gasteiger partial charge in [0.25, 0.3) is 0 Å². The van der Waals surface area contributed by atoms with Crippen LogP contribution < -0.4 is 0 Å². The lowest BCUT2D eigenvalue weighted by Crippen LogP contribution is -2.24. The fourth-order valence-electron chi connectivity index (χ4n) is 1.75. The number of hydrogen-bond donors (Lipinski definition) is 0. The zero-order chi connectivity index (χ0) is 11.7. The van der Waals surface area contributed by atoms with Crippen molar-refractivity contribution in [1.82, 2.24) is 4.90 Å². The van der Waals surface area contributed by atoms with E-state index in [0.29, 0.717) is 0 Å². The van der Waals surface area contributed by atoms with Gasteiger partial charge in [0, 0.05) is 0 Å². The third-order valence-corrected chi connectivity index (χ3v) is 7.97. The number of halogens is 1. The van der Waals surface area contributed by atoms with Gasteiger partial charge in [-0.2, -0.15) is 11.1 Å². The smallest absolute Gasteiger partial charge is 0.143 e. The van der Waals surface area contributed by atoms with E-state index in [0.717, 1.165) is 5.54 Å². The number of hydrogen-bond acceptors (Lipinski definition) is 1. The standard InChI is InChI=1S/C12H28ClNSi/c1-5-12(4)15(13)11-9-8-10-14(6-2)7-3/h12,15H,5-11H2,1-4H3. The zero-order valence-corrected chi connectivity index (χ0v) is 12.8. The van der Waals surface area contributed by atoms with Crippen molar-refractivity contribution in [2.24, 2.45) is 0 Å². The maximum atomic E-state index is 6.44. The molecule has 0 aromatic carbocycles. The van der Waals surface area contributed by atoms with Crippen LogP contribution in [0.15, 0.2) is 0 Å². The first-order valence-electron chi connectivity index (χ1n) is 6.52. The van der Waals surface area contributed by atoms with Gasteiger partial charge in [0.05, 0.1) is 0 Å². The second-order valence-electron chi connectivity index (χ2n) is 4.42. The Morgan fingerprint density at radius 3 is 2.20 bits per heavy atom. The van der Waals surface area contributed by atoms with Crippen molar-refractivity contribution < 1.29 is 0 Å². The highest BCUT2D eigenvalue weighted by Gasteiger charge is 2.14. The van der Waals surface area contributed by atoms with E-state index in [1.54, 1.807) is 0 Å². The van der Waals surface area contributed by atoms with Gasteiger partial charge in [-0.15, -0.1) is 0 Å². The van der Waals surface area contributed by atoms with Crippen molar-refractivity contribution in [2.45, 2.75) is 58.5 Å². The fraction of sp³-hybridized carbons (Fsp3) is 1.00. The lowest BCUT2D eigenvalue weighted by Gasteiger charge is -2.18. The van der Waals surface area contributed by atoms with Crippen LogP contribution in [0.1, 0.15) is 47.0 Å². The first kappa shape index (κ1) is 15.5. The summed E-state index contributed by atoms with van der Waals surface area (Å²) in [6, 6.07) is 1.32. The molecule has 0 rings (SSSR count). The number of rotatable bonds is 9. The monoisotopic (exact) mass is 249 g/mol. The van der Waals surface area contributed by atoms with Crippen LogP contribution in [0.3, 0.4) is 0 Å². The summed E-state index contributed by atoms with van der Waals surface area (Å²) in [7, 11) is -0.923. The molecule has 0 spiro atoms. The lowest BCUT2D eigenvalue weighted by atomic mass is 10.3. The molecule has 0 heterocycles. The molecule has 92 valence electrons. The molecule has 0 aromatic heterocycles. The third-order valence-electron chi connectivity index (χ3n) is 3.36. The molecule has 0 N–H and O–H groups in total. The molecule has 0 bridgehead atoms. The highest BCUT2D eigenvalue weighted by atomic mass is 35.6. The van der Waals surface area contributed by atoms with E-state index in [4.69, 9.17) is 11.1 Å². The molecule has 0 aliphatic heterocycles. The molecule has 0 radical (unpaired) electrons. The highest BCUT2D eigenvalue weighted by molar-refractivity contribution is 7.07. The van der Waals surface area contributed by atoms with Crippen LogP contribution >= 0.6 is 11.1 Å². The largest absolute Gasteiger partial charge is 0.304 e. The summed E-state index contributed by atoms with van der Waals surface area (Å²) in [4.78, 5) is 2.49. The normalized spacial score (nSPS) is 15.6. The minimum Gasteiger partial charge on any atom is -0.304 e. The maximum absolute atomic E-state index is 6.44. The number of nitrogens with zero attached hydrogens (tertiary/aromatic N) is 1. The summed E-state index contributed by atoms with van der Waals surface area (Å²) in [5.74, 6) is 0. The van der Waals surface area contributed by atoms with Crippen LogP contribution in [-0.2, 0) is 0 Å². The van der Waals surface area contributed by atoms with Crippen molar-refractivity contribution >= 4 is 19.2 Å². The first-order chi connectivity index (χ1) is 7.15. The molecule has 0 amide bonds. The Bertz CT molecular complexity index is 140. The molecule has 2 atom stereocenters. The average Bonchev–Trinajstić information content (AvgIpc) is 2.27. The predicted octanol–water partition coefficient (Wildman–Crippen LogP) is 3.87. The van der Waals surface area contributed by atoms with Crippen LogP contribution in [0.5, 0.6) is 0 Å². The SMILES string of the molecule is CCC(C)[SiH](Cl)CCCCN(CC)CC. The average molecular weight is 250 g/mol. The van der Waals surface area contributed by atoms with Gasteiger partial charge in [-0.05, 0) is 37.6 Å². The molecule has 0 saturated heterocycles. The molecular formula is C12H28ClNSi. The van der Waals surface area contributed by atoms with Crippen LogP contribution in [0.4, 0.5) is 0 Å². The Labute approximate surface area is 102 Å². The van der Waals surface area contributed by atoms with Gasteiger partial charge in [-0.1, -0.05) is 40.5 Å². The summed E-state index contributed by atoms with van der Waals surface area (Å²) in [5, 5.41) is 0. The van der Waals surface area contributed by atoms with Crippen molar-refractivity contribution in [1.29, 1.82) is 0 Å². The second-order valence-corrected chi connectivity index (χ2v) is 8.85. The topological polar surface area (TPSA) is 3.24 Å². The molecule has 1 nitrogen and oxygen atoms in total. The minimum absolute atomic E-state index is 0.806. The van der Waals surface area contributed by atoms with Gasteiger partial charge < -0.3 is 4.90 Å². The summed E-state index contributed by atoms with van der Waals surface area (Å²) in [6.45, 7) is 12.7. The maximum Gasteiger partial charge on any atom is 0.143 e. The van der Waals surface area contributed by atoms with E-state index in [-0.39, 0.29) is 0 Å². The molecule has 2 unspecified atom stereocenters. The third kappa shape index (κ3) is 7.37. The molecule has 0 saturated carbocycles. The van der Waals surface area contributed by atoms with Crippen molar-refractivity contribution in [3.05, 3.63) is 0 Å². The van der Waals surface area contributed by atoms with Gasteiger partial charge in [-0.3, -0.25) is 0 Å². The fourth-order valence-corrected chi connectivity index (χ4v) is 4.51. The number of unbranched alkanes of at least 4 members (excludes halogenated alkanes) is 1. The van der Waals surface area contributed by atoms with E-state index in [1.165, 1.54) is 44.9 Å². The summed E-state index contributed by atoms with van der Waals surface area (Å²) in [5.41, 5.74) is 0.806. The second kappa shape index (κ2) is 9.68. The highest BCUT2D eigenvalue weighted by Crippen LogP contribution is 2.21. The summed E-state index contributed by atoms with van der Waals surface area (Å²) < 4.78 is 0. The Balaban J connectivity index is 3.45. The van der Waals surface area contributed by atoms with E-state index >= 15 is 0 Å². The van der Waals surface area contributed by atoms with Crippen LogP contribution in [-0.4, -0.2) is 32.6 Å². The van der Waals surface area contributed by atoms with Crippen LogP contribution in [0.25, 0.3) is 0 Å². The van der Waals surface area contributed by atoms with Gasteiger partial charge in [-0.25, -0.2) is 0 Å². The molecule has 0 aliphatic rings. The van der Waals surface area contributed by atoms with Gasteiger partial charge in [0.15, 0.2) is 0 Å². The van der Waals surface area contributed by atoms with Crippen molar-refractivity contribution in [2.75, 3.05) is 19.6 Å². The minimum atomic E-state index is -0.923. The quantitative estimate of drug-likeness (QED) is 0.341.